The van der Waals surface area contributed by atoms with Gasteiger partial charge in [0, 0.05) is 13.0 Å². The molecule has 0 bridgehead atoms. The smallest absolute Gasteiger partial charge is 0.321 e. The SMILES string of the molecule is COC(=O)C(Br)CNC(=O)CCc1cccc(C)c1. The van der Waals surface area contributed by atoms with Crippen molar-refractivity contribution in [3.63, 3.8) is 0 Å². The van der Waals surface area contributed by atoms with Crippen molar-refractivity contribution >= 4 is 27.8 Å². The molecule has 1 aromatic carbocycles. The number of ether oxygens (including phenoxy) is 1. The van der Waals surface area contributed by atoms with E-state index in [1.807, 2.05) is 25.1 Å². The van der Waals surface area contributed by atoms with Gasteiger partial charge in [0.1, 0.15) is 4.83 Å². The molecule has 104 valence electrons. The summed E-state index contributed by atoms with van der Waals surface area (Å²) in [4.78, 5) is 22.3. The van der Waals surface area contributed by atoms with Crippen LogP contribution in [0.4, 0.5) is 0 Å². The number of hydrogen-bond donors (Lipinski definition) is 1. The fourth-order valence-corrected chi connectivity index (χ4v) is 1.98. The number of hydrogen-bond acceptors (Lipinski definition) is 3. The second kappa shape index (κ2) is 7.94. The molecule has 5 heteroatoms. The van der Waals surface area contributed by atoms with Crippen LogP contribution in [0.25, 0.3) is 0 Å². The quantitative estimate of drug-likeness (QED) is 0.642. The van der Waals surface area contributed by atoms with Crippen molar-refractivity contribution in [1.29, 1.82) is 0 Å². The molecule has 0 aliphatic carbocycles. The second-order valence-electron chi connectivity index (χ2n) is 4.28. The average molecular weight is 328 g/mol. The number of halogens is 1. The minimum Gasteiger partial charge on any atom is -0.468 e. The molecule has 1 N–H and O–H groups in total. The molecule has 0 fully saturated rings. The number of carbonyl (C=O) groups is 2. The van der Waals surface area contributed by atoms with Gasteiger partial charge in [0.15, 0.2) is 0 Å². The zero-order chi connectivity index (χ0) is 14.3. The summed E-state index contributed by atoms with van der Waals surface area (Å²) in [5.41, 5.74) is 2.32. The summed E-state index contributed by atoms with van der Waals surface area (Å²) in [6, 6.07) is 8.07. The van der Waals surface area contributed by atoms with Crippen molar-refractivity contribution in [2.24, 2.45) is 0 Å². The zero-order valence-electron chi connectivity index (χ0n) is 11.1. The maximum absolute atomic E-state index is 11.6. The Kier molecular flexibility index (Phi) is 6.56. The highest BCUT2D eigenvalue weighted by molar-refractivity contribution is 9.10. The average Bonchev–Trinajstić information content (AvgIpc) is 2.41. The number of alkyl halides is 1. The van der Waals surface area contributed by atoms with Crippen LogP contribution in [0.5, 0.6) is 0 Å². The van der Waals surface area contributed by atoms with Crippen LogP contribution in [0.2, 0.25) is 0 Å². The number of aryl methyl sites for hydroxylation is 2. The summed E-state index contributed by atoms with van der Waals surface area (Å²) in [5.74, 6) is -0.464. The molecule has 0 radical (unpaired) electrons. The van der Waals surface area contributed by atoms with Crippen molar-refractivity contribution in [3.05, 3.63) is 35.4 Å². The van der Waals surface area contributed by atoms with Crippen molar-refractivity contribution in [3.8, 4) is 0 Å². The lowest BCUT2D eigenvalue weighted by Gasteiger charge is -2.09. The Morgan fingerprint density at radius 1 is 1.42 bits per heavy atom. The molecule has 0 spiro atoms. The van der Waals surface area contributed by atoms with Gasteiger partial charge in [-0.2, -0.15) is 0 Å². The highest BCUT2D eigenvalue weighted by Crippen LogP contribution is 2.06. The monoisotopic (exact) mass is 327 g/mol. The van der Waals surface area contributed by atoms with Crippen molar-refractivity contribution in [2.75, 3.05) is 13.7 Å². The van der Waals surface area contributed by atoms with E-state index >= 15 is 0 Å². The van der Waals surface area contributed by atoms with Crippen LogP contribution < -0.4 is 5.32 Å². The van der Waals surface area contributed by atoms with Gasteiger partial charge in [-0.25, -0.2) is 0 Å². The van der Waals surface area contributed by atoms with E-state index in [9.17, 15) is 9.59 Å². The molecule has 0 aliphatic heterocycles. The van der Waals surface area contributed by atoms with Gasteiger partial charge >= 0.3 is 5.97 Å². The molecular weight excluding hydrogens is 310 g/mol. The van der Waals surface area contributed by atoms with Gasteiger partial charge in [0.2, 0.25) is 5.91 Å². The Hall–Kier alpha value is -1.36. The standard InChI is InChI=1S/C14H18BrNO3/c1-10-4-3-5-11(8-10)6-7-13(17)16-9-12(15)14(18)19-2/h3-5,8,12H,6-7,9H2,1-2H3,(H,16,17). The first kappa shape index (κ1) is 15.7. The first-order valence-electron chi connectivity index (χ1n) is 6.07. The van der Waals surface area contributed by atoms with Gasteiger partial charge in [-0.1, -0.05) is 45.8 Å². The third-order valence-corrected chi connectivity index (χ3v) is 3.36. The lowest BCUT2D eigenvalue weighted by atomic mass is 10.1. The summed E-state index contributed by atoms with van der Waals surface area (Å²) in [7, 11) is 1.32. The second-order valence-corrected chi connectivity index (χ2v) is 5.39. The first-order valence-corrected chi connectivity index (χ1v) is 6.98. The van der Waals surface area contributed by atoms with Gasteiger partial charge in [-0.3, -0.25) is 9.59 Å². The van der Waals surface area contributed by atoms with Gasteiger partial charge < -0.3 is 10.1 Å². The fraction of sp³-hybridized carbons (Fsp3) is 0.429. The number of nitrogens with one attached hydrogen (secondary N) is 1. The Morgan fingerprint density at radius 3 is 2.79 bits per heavy atom. The van der Waals surface area contributed by atoms with E-state index in [1.165, 1.54) is 12.7 Å². The lowest BCUT2D eigenvalue weighted by Crippen LogP contribution is -2.34. The number of esters is 1. The van der Waals surface area contributed by atoms with E-state index in [2.05, 4.69) is 32.0 Å². The Balaban J connectivity index is 2.30. The van der Waals surface area contributed by atoms with Crippen molar-refractivity contribution in [1.82, 2.24) is 5.32 Å². The Bertz CT molecular complexity index is 448. The molecule has 1 amide bonds. The minimum absolute atomic E-state index is 0.0742. The number of carbonyl (C=O) groups excluding carboxylic acids is 2. The van der Waals surface area contributed by atoms with Crippen LogP contribution in [-0.2, 0) is 20.7 Å². The number of rotatable bonds is 6. The minimum atomic E-state index is -0.500. The van der Waals surface area contributed by atoms with Crippen LogP contribution in [0.15, 0.2) is 24.3 Å². The third-order valence-electron chi connectivity index (χ3n) is 2.66. The molecular formula is C14H18BrNO3. The molecule has 1 unspecified atom stereocenters. The molecule has 1 atom stereocenters. The number of methoxy groups -OCH3 is 1. The molecule has 0 saturated carbocycles. The van der Waals surface area contributed by atoms with Gasteiger partial charge in [-0.05, 0) is 18.9 Å². The maximum atomic E-state index is 11.6. The van der Waals surface area contributed by atoms with E-state index < -0.39 is 4.83 Å². The molecule has 1 rings (SSSR count). The predicted molar refractivity (Wildman–Crippen MR) is 77.2 cm³/mol. The molecule has 0 heterocycles. The molecule has 1 aromatic rings. The van der Waals surface area contributed by atoms with Crippen LogP contribution in [0.3, 0.4) is 0 Å². The number of benzene rings is 1. The summed E-state index contributed by atoms with van der Waals surface area (Å²) >= 11 is 3.15. The van der Waals surface area contributed by atoms with Gasteiger partial charge in [0.25, 0.3) is 0 Å². The van der Waals surface area contributed by atoms with Gasteiger partial charge in [-0.15, -0.1) is 0 Å². The van der Waals surface area contributed by atoms with Gasteiger partial charge in [0.05, 0.1) is 7.11 Å². The van der Waals surface area contributed by atoms with E-state index in [1.54, 1.807) is 0 Å². The predicted octanol–water partition coefficient (Wildman–Crippen LogP) is 1.98. The zero-order valence-corrected chi connectivity index (χ0v) is 12.7. The molecule has 19 heavy (non-hydrogen) atoms. The maximum Gasteiger partial charge on any atom is 0.321 e. The van der Waals surface area contributed by atoms with E-state index in [4.69, 9.17) is 0 Å². The summed E-state index contributed by atoms with van der Waals surface area (Å²) in [6.07, 6.45) is 1.10. The van der Waals surface area contributed by atoms with Crippen LogP contribution in [0.1, 0.15) is 17.5 Å². The summed E-state index contributed by atoms with van der Waals surface area (Å²) < 4.78 is 4.55. The third kappa shape index (κ3) is 5.87. The Morgan fingerprint density at radius 2 is 2.16 bits per heavy atom. The van der Waals surface area contributed by atoms with E-state index in [0.29, 0.717) is 12.8 Å². The van der Waals surface area contributed by atoms with Crippen LogP contribution >= 0.6 is 15.9 Å². The number of amides is 1. The topological polar surface area (TPSA) is 55.4 Å². The van der Waals surface area contributed by atoms with E-state index in [0.717, 1.165) is 5.56 Å². The Labute approximate surface area is 121 Å². The first-order chi connectivity index (χ1) is 9.02. The fourth-order valence-electron chi connectivity index (χ4n) is 1.63. The van der Waals surface area contributed by atoms with Crippen molar-refractivity contribution in [2.45, 2.75) is 24.6 Å². The van der Waals surface area contributed by atoms with Crippen LogP contribution in [-0.4, -0.2) is 30.4 Å². The molecule has 0 aromatic heterocycles. The summed E-state index contributed by atoms with van der Waals surface area (Å²) in [5, 5.41) is 2.70. The van der Waals surface area contributed by atoms with Crippen molar-refractivity contribution < 1.29 is 14.3 Å². The van der Waals surface area contributed by atoms with E-state index in [-0.39, 0.29) is 18.4 Å². The lowest BCUT2D eigenvalue weighted by molar-refractivity contribution is -0.139. The summed E-state index contributed by atoms with van der Waals surface area (Å²) in [6.45, 7) is 2.26. The van der Waals surface area contributed by atoms with Crippen LogP contribution in [0, 0.1) is 6.92 Å². The molecule has 0 aliphatic rings. The highest BCUT2D eigenvalue weighted by Gasteiger charge is 2.15. The molecule has 0 saturated heterocycles. The largest absolute Gasteiger partial charge is 0.468 e. The highest BCUT2D eigenvalue weighted by atomic mass is 79.9. The molecule has 4 nitrogen and oxygen atoms in total. The normalized spacial score (nSPS) is 11.7.